The van der Waals surface area contributed by atoms with E-state index < -0.39 is 14.9 Å². The zero-order valence-electron chi connectivity index (χ0n) is 19.5. The number of piperazine rings is 1. The maximum absolute atomic E-state index is 13.3. The molecule has 1 aliphatic heterocycles. The Kier molecular flexibility index (Phi) is 6.74. The standard InChI is InChI=1S/C25H26N4O5S/c1-18-6-9-20(10-7-18)26-35(33,34)23-11-8-19(2)24(17-23)25(30)28-14-12-27(13-15-28)21-4-3-5-22(16-21)29(31)32/h3-11,16-17,26H,12-15H2,1-2H3. The van der Waals surface area contributed by atoms with Gasteiger partial charge < -0.3 is 9.80 Å². The van der Waals surface area contributed by atoms with E-state index in [1.807, 2.05) is 30.0 Å². The van der Waals surface area contributed by atoms with Crippen LogP contribution in [-0.4, -0.2) is 50.3 Å². The van der Waals surface area contributed by atoms with Gasteiger partial charge in [0.25, 0.3) is 21.6 Å². The third kappa shape index (κ3) is 5.43. The van der Waals surface area contributed by atoms with Crippen LogP contribution in [0.4, 0.5) is 17.1 Å². The molecule has 1 heterocycles. The van der Waals surface area contributed by atoms with Gasteiger partial charge in [-0.25, -0.2) is 8.42 Å². The Morgan fingerprint density at radius 1 is 0.943 bits per heavy atom. The number of non-ortho nitro benzene ring substituents is 1. The molecular weight excluding hydrogens is 468 g/mol. The molecule has 182 valence electrons. The zero-order valence-corrected chi connectivity index (χ0v) is 20.3. The maximum Gasteiger partial charge on any atom is 0.271 e. The van der Waals surface area contributed by atoms with Crippen LogP contribution in [0, 0.1) is 24.0 Å². The molecule has 0 unspecified atom stereocenters. The van der Waals surface area contributed by atoms with Gasteiger partial charge in [0.1, 0.15) is 0 Å². The van der Waals surface area contributed by atoms with Crippen molar-refractivity contribution >= 4 is 33.0 Å². The third-order valence-electron chi connectivity index (χ3n) is 6.03. The maximum atomic E-state index is 13.3. The minimum Gasteiger partial charge on any atom is -0.368 e. The van der Waals surface area contributed by atoms with E-state index in [4.69, 9.17) is 0 Å². The fourth-order valence-electron chi connectivity index (χ4n) is 3.98. The predicted octanol–water partition coefficient (Wildman–Crippen LogP) is 3.97. The van der Waals surface area contributed by atoms with Gasteiger partial charge in [0.15, 0.2) is 0 Å². The molecule has 1 fully saturated rings. The first-order chi connectivity index (χ1) is 16.6. The van der Waals surface area contributed by atoms with Crippen molar-refractivity contribution in [1.29, 1.82) is 0 Å². The highest BCUT2D eigenvalue weighted by molar-refractivity contribution is 7.92. The van der Waals surface area contributed by atoms with Crippen molar-refractivity contribution in [3.63, 3.8) is 0 Å². The van der Waals surface area contributed by atoms with Gasteiger partial charge >= 0.3 is 0 Å². The molecule has 3 aromatic carbocycles. The summed E-state index contributed by atoms with van der Waals surface area (Å²) in [5.41, 5.74) is 3.24. The van der Waals surface area contributed by atoms with Crippen molar-refractivity contribution in [3.05, 3.63) is 93.5 Å². The monoisotopic (exact) mass is 494 g/mol. The molecule has 0 radical (unpaired) electrons. The van der Waals surface area contributed by atoms with Crippen LogP contribution in [0.1, 0.15) is 21.5 Å². The quantitative estimate of drug-likeness (QED) is 0.410. The number of hydrogen-bond donors (Lipinski definition) is 1. The van der Waals surface area contributed by atoms with Crippen LogP contribution in [0.25, 0.3) is 0 Å². The number of aryl methyl sites for hydroxylation is 2. The van der Waals surface area contributed by atoms with E-state index in [0.29, 0.717) is 43.0 Å². The van der Waals surface area contributed by atoms with Crippen LogP contribution in [0.3, 0.4) is 0 Å². The average molecular weight is 495 g/mol. The highest BCUT2D eigenvalue weighted by atomic mass is 32.2. The lowest BCUT2D eigenvalue weighted by Gasteiger charge is -2.36. The number of nitrogens with zero attached hydrogens (tertiary/aromatic N) is 3. The van der Waals surface area contributed by atoms with E-state index in [1.54, 1.807) is 36.1 Å². The molecule has 0 aromatic heterocycles. The lowest BCUT2D eigenvalue weighted by Crippen LogP contribution is -2.49. The van der Waals surface area contributed by atoms with E-state index in [9.17, 15) is 23.3 Å². The lowest BCUT2D eigenvalue weighted by molar-refractivity contribution is -0.384. The minimum atomic E-state index is -3.87. The molecule has 0 aliphatic carbocycles. The number of rotatable bonds is 6. The summed E-state index contributed by atoms with van der Waals surface area (Å²) >= 11 is 0. The van der Waals surface area contributed by atoms with Crippen LogP contribution >= 0.6 is 0 Å². The van der Waals surface area contributed by atoms with Crippen molar-refractivity contribution < 1.29 is 18.1 Å². The number of benzene rings is 3. The number of sulfonamides is 1. The number of amides is 1. The van der Waals surface area contributed by atoms with E-state index in [1.165, 1.54) is 24.3 Å². The van der Waals surface area contributed by atoms with Crippen molar-refractivity contribution in [2.75, 3.05) is 35.8 Å². The van der Waals surface area contributed by atoms with Gasteiger partial charge in [-0.1, -0.05) is 29.8 Å². The van der Waals surface area contributed by atoms with Gasteiger partial charge in [0.2, 0.25) is 0 Å². The molecule has 0 saturated carbocycles. The topological polar surface area (TPSA) is 113 Å². The smallest absolute Gasteiger partial charge is 0.271 e. The Balaban J connectivity index is 1.48. The normalized spacial score (nSPS) is 14.0. The Morgan fingerprint density at radius 3 is 2.29 bits per heavy atom. The van der Waals surface area contributed by atoms with Gasteiger partial charge in [-0.3, -0.25) is 19.6 Å². The van der Waals surface area contributed by atoms with Crippen molar-refractivity contribution in [3.8, 4) is 0 Å². The number of carbonyl (C=O) groups is 1. The Hall–Kier alpha value is -3.92. The molecule has 1 N–H and O–H groups in total. The summed E-state index contributed by atoms with van der Waals surface area (Å²) in [6.07, 6.45) is 0. The Morgan fingerprint density at radius 2 is 1.63 bits per heavy atom. The fraction of sp³-hybridized carbons (Fsp3) is 0.240. The van der Waals surface area contributed by atoms with E-state index in [2.05, 4.69) is 4.72 Å². The molecule has 1 amide bonds. The second-order valence-electron chi connectivity index (χ2n) is 8.50. The molecule has 0 bridgehead atoms. The number of carbonyl (C=O) groups excluding carboxylic acids is 1. The number of hydrogen-bond acceptors (Lipinski definition) is 6. The van der Waals surface area contributed by atoms with Gasteiger partial charge in [0, 0.05) is 55.2 Å². The van der Waals surface area contributed by atoms with E-state index >= 15 is 0 Å². The first kappa shape index (κ1) is 24.2. The molecule has 10 heteroatoms. The number of anilines is 2. The summed E-state index contributed by atoms with van der Waals surface area (Å²) < 4.78 is 28.4. The molecule has 3 aromatic rings. The van der Waals surface area contributed by atoms with Crippen molar-refractivity contribution in [1.82, 2.24) is 4.90 Å². The highest BCUT2D eigenvalue weighted by Crippen LogP contribution is 2.24. The minimum absolute atomic E-state index is 0.0160. The molecule has 4 rings (SSSR count). The third-order valence-corrected chi connectivity index (χ3v) is 7.41. The molecule has 1 saturated heterocycles. The predicted molar refractivity (Wildman–Crippen MR) is 134 cm³/mol. The summed E-state index contributed by atoms with van der Waals surface area (Å²) in [6, 6.07) is 18.0. The average Bonchev–Trinajstić information content (AvgIpc) is 2.85. The first-order valence-corrected chi connectivity index (χ1v) is 12.6. The summed E-state index contributed by atoms with van der Waals surface area (Å²) in [7, 11) is -3.87. The summed E-state index contributed by atoms with van der Waals surface area (Å²) in [5, 5.41) is 11.1. The summed E-state index contributed by atoms with van der Waals surface area (Å²) in [4.78, 5) is 27.6. The number of nitrogens with one attached hydrogen (secondary N) is 1. The number of nitro benzene ring substituents is 1. The van der Waals surface area contributed by atoms with Crippen LogP contribution in [0.2, 0.25) is 0 Å². The fourth-order valence-corrected chi connectivity index (χ4v) is 5.06. The first-order valence-electron chi connectivity index (χ1n) is 11.1. The van der Waals surface area contributed by atoms with Gasteiger partial charge in [-0.05, 0) is 49.7 Å². The molecule has 0 spiro atoms. The highest BCUT2D eigenvalue weighted by Gasteiger charge is 2.26. The Labute approximate surface area is 204 Å². The SMILES string of the molecule is Cc1ccc(NS(=O)(=O)c2ccc(C)c(C(=O)N3CCN(c4cccc([N+](=O)[O-])c4)CC3)c2)cc1. The van der Waals surface area contributed by atoms with Gasteiger partial charge in [-0.15, -0.1) is 0 Å². The lowest BCUT2D eigenvalue weighted by atomic mass is 10.1. The summed E-state index contributed by atoms with van der Waals surface area (Å²) in [6.45, 7) is 5.55. The van der Waals surface area contributed by atoms with Crippen LogP contribution < -0.4 is 9.62 Å². The van der Waals surface area contributed by atoms with Crippen LogP contribution in [-0.2, 0) is 10.0 Å². The zero-order chi connectivity index (χ0) is 25.2. The van der Waals surface area contributed by atoms with Crippen molar-refractivity contribution in [2.24, 2.45) is 0 Å². The largest absolute Gasteiger partial charge is 0.368 e. The summed E-state index contributed by atoms with van der Waals surface area (Å²) in [5.74, 6) is -0.242. The van der Waals surface area contributed by atoms with E-state index in [-0.39, 0.29) is 16.5 Å². The van der Waals surface area contributed by atoms with Gasteiger partial charge in [-0.2, -0.15) is 0 Å². The molecule has 9 nitrogen and oxygen atoms in total. The molecule has 0 atom stereocenters. The second kappa shape index (κ2) is 9.75. The van der Waals surface area contributed by atoms with Crippen molar-refractivity contribution in [2.45, 2.75) is 18.7 Å². The van der Waals surface area contributed by atoms with Crippen LogP contribution in [0.5, 0.6) is 0 Å². The van der Waals surface area contributed by atoms with Gasteiger partial charge in [0.05, 0.1) is 9.82 Å². The van der Waals surface area contributed by atoms with Crippen LogP contribution in [0.15, 0.2) is 71.6 Å². The molecule has 35 heavy (non-hydrogen) atoms. The molecule has 1 aliphatic rings. The second-order valence-corrected chi connectivity index (χ2v) is 10.2. The van der Waals surface area contributed by atoms with E-state index in [0.717, 1.165) is 11.3 Å². The number of nitro groups is 1. The molecular formula is C25H26N4O5S. The Bertz CT molecular complexity index is 1360.